The molecule has 0 bridgehead atoms. The molecule has 3 aromatic rings. The molecule has 184 valence electrons. The second-order valence-electron chi connectivity index (χ2n) is 8.40. The van der Waals surface area contributed by atoms with Gasteiger partial charge in [-0.25, -0.2) is 15.0 Å². The van der Waals surface area contributed by atoms with Gasteiger partial charge in [-0.3, -0.25) is 9.59 Å². The molecule has 5 rings (SSSR count). The van der Waals surface area contributed by atoms with Crippen LogP contribution in [0.1, 0.15) is 30.5 Å². The van der Waals surface area contributed by atoms with Gasteiger partial charge in [0.2, 0.25) is 11.8 Å². The lowest BCUT2D eigenvalue weighted by Gasteiger charge is -2.21. The number of H-pyrrole nitrogens is 1. The first-order chi connectivity index (χ1) is 17.0. The van der Waals surface area contributed by atoms with Crippen LogP contribution in [-0.2, 0) is 22.4 Å². The lowest BCUT2D eigenvalue weighted by Crippen LogP contribution is -2.31. The molecule has 2 aliphatic rings. The highest BCUT2D eigenvalue weighted by Gasteiger charge is 2.23. The molecule has 1 aliphatic heterocycles. The highest BCUT2D eigenvalue weighted by molar-refractivity contribution is 5.93. The summed E-state index contributed by atoms with van der Waals surface area (Å²) >= 11 is 0. The molecular formula is C25H30N6O4. The maximum absolute atomic E-state index is 12.5. The number of likely N-dealkylation sites (N-methyl/N-ethyl adjacent to an activating group) is 1. The zero-order chi connectivity index (χ0) is 24.6. The van der Waals surface area contributed by atoms with Crippen molar-refractivity contribution in [3.05, 3.63) is 58.1 Å². The molecule has 0 unspecified atom stereocenters. The summed E-state index contributed by atoms with van der Waals surface area (Å²) in [7, 11) is 3.36. The van der Waals surface area contributed by atoms with E-state index in [1.807, 2.05) is 11.9 Å². The molecule has 10 heteroatoms. The van der Waals surface area contributed by atoms with Gasteiger partial charge < -0.3 is 24.7 Å². The number of amides is 1. The van der Waals surface area contributed by atoms with Crippen LogP contribution in [0.15, 0.2) is 41.5 Å². The SMILES string of the molecule is C1CCOC1.COc1ccc(NC(=O)CN(C)c2nc(-c3cc(=O)cc[nH]3)nc3c2CCC3)cn1. The monoisotopic (exact) mass is 478 g/mol. The molecular weight excluding hydrogens is 448 g/mol. The van der Waals surface area contributed by atoms with Crippen LogP contribution in [0.25, 0.3) is 11.5 Å². The fraction of sp³-hybridized carbons (Fsp3) is 0.400. The maximum atomic E-state index is 12.5. The van der Waals surface area contributed by atoms with Gasteiger partial charge in [0.15, 0.2) is 11.3 Å². The van der Waals surface area contributed by atoms with E-state index in [1.165, 1.54) is 32.1 Å². The number of carbonyl (C=O) groups excluding carboxylic acids is 1. The molecule has 4 heterocycles. The van der Waals surface area contributed by atoms with E-state index in [9.17, 15) is 9.59 Å². The van der Waals surface area contributed by atoms with Crippen molar-refractivity contribution in [3.63, 3.8) is 0 Å². The average molecular weight is 479 g/mol. The number of aromatic nitrogens is 4. The zero-order valence-corrected chi connectivity index (χ0v) is 20.0. The van der Waals surface area contributed by atoms with Crippen molar-refractivity contribution in [1.29, 1.82) is 0 Å². The van der Waals surface area contributed by atoms with Crippen LogP contribution in [0.3, 0.4) is 0 Å². The van der Waals surface area contributed by atoms with Gasteiger partial charge in [0.1, 0.15) is 5.82 Å². The van der Waals surface area contributed by atoms with E-state index < -0.39 is 0 Å². The number of pyridine rings is 2. The molecule has 1 saturated heterocycles. The Kier molecular flexibility index (Phi) is 8.04. The summed E-state index contributed by atoms with van der Waals surface area (Å²) in [5, 5.41) is 2.83. The maximum Gasteiger partial charge on any atom is 0.243 e. The number of aryl methyl sites for hydroxylation is 1. The van der Waals surface area contributed by atoms with Crippen LogP contribution < -0.4 is 20.4 Å². The first-order valence-electron chi connectivity index (χ1n) is 11.7. The van der Waals surface area contributed by atoms with Crippen LogP contribution in [-0.4, -0.2) is 59.8 Å². The Labute approximate surface area is 203 Å². The summed E-state index contributed by atoms with van der Waals surface area (Å²) in [6.45, 7) is 2.11. The van der Waals surface area contributed by atoms with Gasteiger partial charge in [0, 0.05) is 55.9 Å². The van der Waals surface area contributed by atoms with Crippen LogP contribution in [0.5, 0.6) is 5.88 Å². The second kappa shape index (κ2) is 11.6. The van der Waals surface area contributed by atoms with Crippen molar-refractivity contribution >= 4 is 17.4 Å². The fourth-order valence-corrected chi connectivity index (χ4v) is 4.00. The Morgan fingerprint density at radius 3 is 2.66 bits per heavy atom. The number of aromatic amines is 1. The van der Waals surface area contributed by atoms with Crippen molar-refractivity contribution in [2.45, 2.75) is 32.1 Å². The quantitative estimate of drug-likeness (QED) is 0.554. The molecule has 35 heavy (non-hydrogen) atoms. The molecule has 1 fully saturated rings. The minimum atomic E-state index is -0.190. The average Bonchev–Trinajstić information content (AvgIpc) is 3.59. The Balaban J connectivity index is 0.000000514. The highest BCUT2D eigenvalue weighted by Crippen LogP contribution is 2.30. The van der Waals surface area contributed by atoms with Crippen molar-refractivity contribution in [2.24, 2.45) is 0 Å². The van der Waals surface area contributed by atoms with Crippen molar-refractivity contribution < 1.29 is 14.3 Å². The Morgan fingerprint density at radius 2 is 2.00 bits per heavy atom. The third kappa shape index (κ3) is 6.42. The summed E-state index contributed by atoms with van der Waals surface area (Å²) in [5.74, 6) is 1.45. The van der Waals surface area contributed by atoms with Gasteiger partial charge >= 0.3 is 0 Å². The lowest BCUT2D eigenvalue weighted by atomic mass is 10.2. The molecule has 0 atom stereocenters. The largest absolute Gasteiger partial charge is 0.481 e. The fourth-order valence-electron chi connectivity index (χ4n) is 4.00. The highest BCUT2D eigenvalue weighted by atomic mass is 16.5. The predicted molar refractivity (Wildman–Crippen MR) is 133 cm³/mol. The summed E-state index contributed by atoms with van der Waals surface area (Å²) in [6, 6.07) is 6.34. The number of nitrogens with one attached hydrogen (secondary N) is 2. The Morgan fingerprint density at radius 1 is 1.17 bits per heavy atom. The molecule has 10 nitrogen and oxygen atoms in total. The minimum absolute atomic E-state index is 0.111. The Hall–Kier alpha value is -3.79. The van der Waals surface area contributed by atoms with Gasteiger partial charge in [-0.05, 0) is 38.2 Å². The van der Waals surface area contributed by atoms with Gasteiger partial charge in [0.25, 0.3) is 0 Å². The van der Waals surface area contributed by atoms with E-state index in [-0.39, 0.29) is 17.9 Å². The minimum Gasteiger partial charge on any atom is -0.481 e. The van der Waals surface area contributed by atoms with Gasteiger partial charge in [-0.15, -0.1) is 0 Å². The zero-order valence-electron chi connectivity index (χ0n) is 20.0. The van der Waals surface area contributed by atoms with Crippen LogP contribution >= 0.6 is 0 Å². The van der Waals surface area contributed by atoms with Gasteiger partial charge in [0.05, 0.1) is 31.2 Å². The number of methoxy groups -OCH3 is 1. The lowest BCUT2D eigenvalue weighted by molar-refractivity contribution is -0.114. The van der Waals surface area contributed by atoms with Gasteiger partial charge in [-0.1, -0.05) is 0 Å². The molecule has 0 spiro atoms. The topological polar surface area (TPSA) is 122 Å². The first kappa shape index (κ1) is 24.3. The smallest absolute Gasteiger partial charge is 0.243 e. The number of nitrogens with zero attached hydrogens (tertiary/aromatic N) is 4. The molecule has 1 amide bonds. The normalized spacial score (nSPS) is 14.0. The number of fused-ring (bicyclic) bond motifs is 1. The first-order valence-corrected chi connectivity index (χ1v) is 11.7. The number of ether oxygens (including phenoxy) is 2. The number of anilines is 2. The summed E-state index contributed by atoms with van der Waals surface area (Å²) in [5.41, 5.74) is 3.05. The van der Waals surface area contributed by atoms with E-state index in [0.717, 1.165) is 43.7 Å². The van der Waals surface area contributed by atoms with E-state index in [1.54, 1.807) is 24.5 Å². The third-order valence-electron chi connectivity index (χ3n) is 5.72. The van der Waals surface area contributed by atoms with E-state index >= 15 is 0 Å². The predicted octanol–water partition coefficient (Wildman–Crippen LogP) is 2.60. The summed E-state index contributed by atoms with van der Waals surface area (Å²) in [6.07, 6.45) is 8.39. The standard InChI is InChI=1S/C21H22N6O3.C4H8O/c1-27(12-18(29)24-13-6-7-19(30-2)23-11-13)21-15-4-3-5-16(15)25-20(26-21)17-10-14(28)8-9-22-17;1-2-4-5-3-1/h6-11H,3-5,12H2,1-2H3,(H,22,28)(H,24,29);1-4H2. The molecule has 2 N–H and O–H groups in total. The molecule has 3 aromatic heterocycles. The van der Waals surface area contributed by atoms with Crippen LogP contribution in [0, 0.1) is 0 Å². The molecule has 0 saturated carbocycles. The third-order valence-corrected chi connectivity index (χ3v) is 5.72. The van der Waals surface area contributed by atoms with E-state index in [4.69, 9.17) is 9.47 Å². The summed E-state index contributed by atoms with van der Waals surface area (Å²) < 4.78 is 9.97. The van der Waals surface area contributed by atoms with Crippen LogP contribution in [0.4, 0.5) is 11.5 Å². The van der Waals surface area contributed by atoms with Crippen molar-refractivity contribution in [1.82, 2.24) is 19.9 Å². The Bertz CT molecular complexity index is 1200. The van der Waals surface area contributed by atoms with E-state index in [2.05, 4.69) is 25.3 Å². The molecule has 0 radical (unpaired) electrons. The number of carbonyl (C=O) groups is 1. The van der Waals surface area contributed by atoms with E-state index in [0.29, 0.717) is 28.9 Å². The van der Waals surface area contributed by atoms with Crippen LogP contribution in [0.2, 0.25) is 0 Å². The molecule has 1 aliphatic carbocycles. The van der Waals surface area contributed by atoms with Gasteiger partial charge in [-0.2, -0.15) is 0 Å². The molecule has 0 aromatic carbocycles. The second-order valence-corrected chi connectivity index (χ2v) is 8.40. The van der Waals surface area contributed by atoms with Crippen molar-refractivity contribution in [2.75, 3.05) is 44.1 Å². The number of hydrogen-bond acceptors (Lipinski definition) is 8. The number of rotatable bonds is 6. The van der Waals surface area contributed by atoms with Crippen molar-refractivity contribution in [3.8, 4) is 17.4 Å². The number of hydrogen-bond donors (Lipinski definition) is 2. The summed E-state index contributed by atoms with van der Waals surface area (Å²) in [4.78, 5) is 42.5.